The lowest BCUT2D eigenvalue weighted by atomic mass is 10.1. The van der Waals surface area contributed by atoms with Crippen molar-refractivity contribution in [2.45, 2.75) is 31.0 Å². The average Bonchev–Trinajstić information content (AvgIpc) is 2.42. The molecule has 0 spiro atoms. The van der Waals surface area contributed by atoms with Crippen molar-refractivity contribution in [3.63, 3.8) is 0 Å². The van der Waals surface area contributed by atoms with E-state index < -0.39 is 0 Å². The van der Waals surface area contributed by atoms with Crippen molar-refractivity contribution in [3.05, 3.63) is 35.4 Å². The fraction of sp³-hybridized carbons (Fsp3) is 0.500. The summed E-state index contributed by atoms with van der Waals surface area (Å²) in [5.41, 5.74) is 1.87. The molecule has 0 bridgehead atoms. The first kappa shape index (κ1) is 15.2. The molecule has 3 nitrogen and oxygen atoms in total. The zero-order valence-corrected chi connectivity index (χ0v) is 12.1. The van der Waals surface area contributed by atoms with Gasteiger partial charge in [0, 0.05) is 24.0 Å². The molecule has 18 heavy (non-hydrogen) atoms. The number of alkyl halides is 1. The molecule has 0 fully saturated rings. The predicted molar refractivity (Wildman–Crippen MR) is 77.0 cm³/mol. The van der Waals surface area contributed by atoms with E-state index in [0.29, 0.717) is 12.1 Å². The second kappa shape index (κ2) is 9.11. The molecule has 2 N–H and O–H groups in total. The Morgan fingerprint density at radius 1 is 1.11 bits per heavy atom. The summed E-state index contributed by atoms with van der Waals surface area (Å²) in [6.45, 7) is 0.955. The zero-order valence-electron chi connectivity index (χ0n) is 10.5. The first-order chi connectivity index (χ1) is 8.77. The molecule has 0 radical (unpaired) electrons. The molecule has 0 heterocycles. The normalized spacial score (nSPS) is 10.3. The first-order valence-corrected chi connectivity index (χ1v) is 7.44. The van der Waals surface area contributed by atoms with Crippen LogP contribution >= 0.6 is 15.9 Å². The largest absolute Gasteiger partial charge is 0.396 e. The van der Waals surface area contributed by atoms with E-state index in [2.05, 4.69) is 21.2 Å². The molecule has 1 rings (SSSR count). The number of hydrogen-bond donors (Lipinski definition) is 2. The third-order valence-electron chi connectivity index (χ3n) is 2.74. The maximum Gasteiger partial charge on any atom is 0.251 e. The Morgan fingerprint density at radius 3 is 2.39 bits per heavy atom. The van der Waals surface area contributed by atoms with Crippen LogP contribution < -0.4 is 5.32 Å². The molecule has 0 aliphatic carbocycles. The summed E-state index contributed by atoms with van der Waals surface area (Å²) in [7, 11) is 0. The standard InChI is InChI=1S/C14H20BrNO2/c15-11-12-5-7-13(8-6-12)14(18)16-9-3-1-2-4-10-17/h5-8,17H,1-4,9-11H2,(H,16,18). The van der Waals surface area contributed by atoms with Crippen LogP contribution in [0.3, 0.4) is 0 Å². The molecule has 0 saturated heterocycles. The number of halogens is 1. The van der Waals surface area contributed by atoms with Gasteiger partial charge in [-0.05, 0) is 30.5 Å². The van der Waals surface area contributed by atoms with Crippen molar-refractivity contribution < 1.29 is 9.90 Å². The highest BCUT2D eigenvalue weighted by atomic mass is 79.9. The zero-order chi connectivity index (χ0) is 13.2. The van der Waals surface area contributed by atoms with Gasteiger partial charge in [0.1, 0.15) is 0 Å². The van der Waals surface area contributed by atoms with E-state index in [1.807, 2.05) is 24.3 Å². The van der Waals surface area contributed by atoms with Crippen LogP contribution in [0.25, 0.3) is 0 Å². The summed E-state index contributed by atoms with van der Waals surface area (Å²) in [6.07, 6.45) is 3.88. The molecule has 0 saturated carbocycles. The van der Waals surface area contributed by atoms with Gasteiger partial charge in [0.15, 0.2) is 0 Å². The van der Waals surface area contributed by atoms with Gasteiger partial charge in [0.2, 0.25) is 0 Å². The van der Waals surface area contributed by atoms with Crippen molar-refractivity contribution in [2.24, 2.45) is 0 Å². The number of rotatable bonds is 8. The van der Waals surface area contributed by atoms with Gasteiger partial charge < -0.3 is 10.4 Å². The van der Waals surface area contributed by atoms with Crippen LogP contribution in [-0.2, 0) is 5.33 Å². The van der Waals surface area contributed by atoms with Crippen LogP contribution in [0.15, 0.2) is 24.3 Å². The monoisotopic (exact) mass is 313 g/mol. The SMILES string of the molecule is O=C(NCCCCCCO)c1ccc(CBr)cc1. The fourth-order valence-electron chi connectivity index (χ4n) is 1.64. The van der Waals surface area contributed by atoms with Crippen molar-refractivity contribution in [2.75, 3.05) is 13.2 Å². The van der Waals surface area contributed by atoms with Gasteiger partial charge in [-0.25, -0.2) is 0 Å². The van der Waals surface area contributed by atoms with E-state index in [1.165, 1.54) is 0 Å². The minimum absolute atomic E-state index is 0.0155. The minimum atomic E-state index is -0.0155. The van der Waals surface area contributed by atoms with E-state index in [9.17, 15) is 4.79 Å². The van der Waals surface area contributed by atoms with Crippen LogP contribution in [0.1, 0.15) is 41.6 Å². The highest BCUT2D eigenvalue weighted by molar-refractivity contribution is 9.08. The van der Waals surface area contributed by atoms with Gasteiger partial charge in [0.05, 0.1) is 0 Å². The Morgan fingerprint density at radius 2 is 1.78 bits per heavy atom. The van der Waals surface area contributed by atoms with Gasteiger partial charge in [0.25, 0.3) is 5.91 Å². The van der Waals surface area contributed by atoms with Crippen LogP contribution in [0.2, 0.25) is 0 Å². The van der Waals surface area contributed by atoms with Crippen LogP contribution in [-0.4, -0.2) is 24.2 Å². The molecule has 0 aliphatic rings. The lowest BCUT2D eigenvalue weighted by Gasteiger charge is -2.05. The highest BCUT2D eigenvalue weighted by Gasteiger charge is 2.03. The lowest BCUT2D eigenvalue weighted by Crippen LogP contribution is -2.24. The van der Waals surface area contributed by atoms with Crippen molar-refractivity contribution >= 4 is 21.8 Å². The van der Waals surface area contributed by atoms with E-state index >= 15 is 0 Å². The molecule has 0 aromatic heterocycles. The fourth-order valence-corrected chi connectivity index (χ4v) is 2.01. The first-order valence-electron chi connectivity index (χ1n) is 6.32. The predicted octanol–water partition coefficient (Wildman–Crippen LogP) is 2.86. The third-order valence-corrected chi connectivity index (χ3v) is 3.39. The van der Waals surface area contributed by atoms with Crippen molar-refractivity contribution in [3.8, 4) is 0 Å². The second-order valence-electron chi connectivity index (χ2n) is 4.22. The van der Waals surface area contributed by atoms with Crippen LogP contribution in [0.4, 0.5) is 0 Å². The molecular weight excluding hydrogens is 294 g/mol. The molecule has 1 aromatic rings. The van der Waals surface area contributed by atoms with Gasteiger partial charge >= 0.3 is 0 Å². The molecule has 0 aliphatic heterocycles. The Balaban J connectivity index is 2.23. The summed E-state index contributed by atoms with van der Waals surface area (Å²) < 4.78 is 0. The van der Waals surface area contributed by atoms with E-state index in [0.717, 1.165) is 36.6 Å². The number of amides is 1. The molecular formula is C14H20BrNO2. The van der Waals surface area contributed by atoms with Crippen LogP contribution in [0.5, 0.6) is 0 Å². The maximum absolute atomic E-state index is 11.8. The smallest absolute Gasteiger partial charge is 0.251 e. The number of nitrogens with one attached hydrogen (secondary N) is 1. The van der Waals surface area contributed by atoms with Gasteiger partial charge in [-0.2, -0.15) is 0 Å². The van der Waals surface area contributed by atoms with E-state index in [-0.39, 0.29) is 12.5 Å². The number of unbranched alkanes of at least 4 members (excludes halogenated alkanes) is 3. The van der Waals surface area contributed by atoms with E-state index in [1.54, 1.807) is 0 Å². The molecule has 1 aromatic carbocycles. The summed E-state index contributed by atoms with van der Waals surface area (Å²) >= 11 is 3.37. The Bertz CT molecular complexity index is 351. The number of benzene rings is 1. The summed E-state index contributed by atoms with van der Waals surface area (Å²) in [5.74, 6) is -0.0155. The minimum Gasteiger partial charge on any atom is -0.396 e. The molecule has 0 unspecified atom stereocenters. The van der Waals surface area contributed by atoms with Gasteiger partial charge in [-0.1, -0.05) is 40.9 Å². The number of hydrogen-bond acceptors (Lipinski definition) is 2. The number of aliphatic hydroxyl groups excluding tert-OH is 1. The topological polar surface area (TPSA) is 49.3 Å². The maximum atomic E-state index is 11.8. The Hall–Kier alpha value is -0.870. The van der Waals surface area contributed by atoms with Crippen molar-refractivity contribution in [1.29, 1.82) is 0 Å². The summed E-state index contributed by atoms with van der Waals surface area (Å²) in [6, 6.07) is 7.59. The second-order valence-corrected chi connectivity index (χ2v) is 4.79. The highest BCUT2D eigenvalue weighted by Crippen LogP contribution is 2.08. The third kappa shape index (κ3) is 5.65. The Labute approximate surface area is 117 Å². The molecule has 100 valence electrons. The number of aliphatic hydroxyl groups is 1. The number of carbonyl (C=O) groups excluding carboxylic acids is 1. The molecule has 0 atom stereocenters. The Kier molecular flexibility index (Phi) is 7.69. The van der Waals surface area contributed by atoms with Crippen molar-refractivity contribution in [1.82, 2.24) is 5.32 Å². The van der Waals surface area contributed by atoms with Crippen LogP contribution in [0, 0.1) is 0 Å². The van der Waals surface area contributed by atoms with Gasteiger partial charge in [-0.15, -0.1) is 0 Å². The summed E-state index contributed by atoms with van der Waals surface area (Å²) in [5, 5.41) is 12.3. The van der Waals surface area contributed by atoms with Gasteiger partial charge in [-0.3, -0.25) is 4.79 Å². The molecule has 1 amide bonds. The number of carbonyl (C=O) groups is 1. The van der Waals surface area contributed by atoms with E-state index in [4.69, 9.17) is 5.11 Å². The quantitative estimate of drug-likeness (QED) is 0.572. The lowest BCUT2D eigenvalue weighted by molar-refractivity contribution is 0.0953. The average molecular weight is 314 g/mol. The summed E-state index contributed by atoms with van der Waals surface area (Å²) in [4.78, 5) is 11.8. The molecule has 4 heteroatoms.